The Hall–Kier alpha value is -1.57. The summed E-state index contributed by atoms with van der Waals surface area (Å²) in [6, 6.07) is 9.97. The number of hydrogen-bond donors (Lipinski definition) is 2. The largest absolute Gasteiger partial charge is 0.478 e. The Morgan fingerprint density at radius 1 is 1.19 bits per heavy atom. The lowest BCUT2D eigenvalue weighted by Crippen LogP contribution is -2.14. The number of sulfonamides is 1. The highest BCUT2D eigenvalue weighted by molar-refractivity contribution is 9.10. The van der Waals surface area contributed by atoms with Crippen LogP contribution in [0, 0.1) is 0 Å². The van der Waals surface area contributed by atoms with Gasteiger partial charge in [-0.25, -0.2) is 13.2 Å². The number of halogens is 2. The molecule has 0 aliphatic heterocycles. The number of anilines is 1. The minimum Gasteiger partial charge on any atom is -0.478 e. The Balaban J connectivity index is 2.44. The number of benzene rings is 2. The number of carbonyl (C=O) groups is 1. The van der Waals surface area contributed by atoms with E-state index in [0.29, 0.717) is 5.02 Å². The highest BCUT2D eigenvalue weighted by Gasteiger charge is 2.20. The number of carboxylic acid groups (broad SMARTS) is 1. The Morgan fingerprint density at radius 2 is 1.90 bits per heavy atom. The monoisotopic (exact) mass is 389 g/mol. The van der Waals surface area contributed by atoms with Gasteiger partial charge >= 0.3 is 5.97 Å². The van der Waals surface area contributed by atoms with E-state index in [1.165, 1.54) is 18.2 Å². The third-order valence-electron chi connectivity index (χ3n) is 2.54. The van der Waals surface area contributed by atoms with Crippen molar-refractivity contribution in [1.82, 2.24) is 0 Å². The quantitative estimate of drug-likeness (QED) is 0.835. The lowest BCUT2D eigenvalue weighted by Gasteiger charge is -2.10. The molecule has 0 unspecified atom stereocenters. The van der Waals surface area contributed by atoms with Gasteiger partial charge in [-0.15, -0.1) is 0 Å². The maximum atomic E-state index is 12.3. The summed E-state index contributed by atoms with van der Waals surface area (Å²) in [7, 11) is -3.94. The Kier molecular flexibility index (Phi) is 4.55. The fraction of sp³-hybridized carbons (Fsp3) is 0. The van der Waals surface area contributed by atoms with E-state index in [2.05, 4.69) is 20.7 Å². The molecular weight excluding hydrogens is 382 g/mol. The highest BCUT2D eigenvalue weighted by atomic mass is 79.9. The first-order valence-corrected chi connectivity index (χ1v) is 8.26. The average Bonchev–Trinajstić information content (AvgIpc) is 2.38. The zero-order chi connectivity index (χ0) is 15.6. The predicted octanol–water partition coefficient (Wildman–Crippen LogP) is 3.60. The number of nitrogens with one attached hydrogen (secondary N) is 1. The highest BCUT2D eigenvalue weighted by Crippen LogP contribution is 2.26. The zero-order valence-electron chi connectivity index (χ0n) is 10.4. The smallest absolute Gasteiger partial charge is 0.335 e. The van der Waals surface area contributed by atoms with E-state index in [0.717, 1.165) is 6.07 Å². The van der Waals surface area contributed by atoms with E-state index in [4.69, 9.17) is 16.7 Å². The summed E-state index contributed by atoms with van der Waals surface area (Å²) in [5.41, 5.74) is 0.166. The summed E-state index contributed by atoms with van der Waals surface area (Å²) in [6.07, 6.45) is 0. The minimum absolute atomic E-state index is 0.121. The molecule has 0 atom stereocenters. The first kappa shape index (κ1) is 15.8. The van der Waals surface area contributed by atoms with Gasteiger partial charge in [-0.2, -0.15) is 0 Å². The average molecular weight is 391 g/mol. The first-order chi connectivity index (χ1) is 9.79. The molecular formula is C13H9BrClNO4S. The maximum absolute atomic E-state index is 12.3. The molecule has 0 saturated heterocycles. The van der Waals surface area contributed by atoms with Gasteiger partial charge in [0.15, 0.2) is 0 Å². The minimum atomic E-state index is -3.94. The van der Waals surface area contributed by atoms with Crippen LogP contribution in [-0.4, -0.2) is 19.5 Å². The van der Waals surface area contributed by atoms with Gasteiger partial charge in [-0.1, -0.05) is 17.7 Å². The molecule has 5 nitrogen and oxygen atoms in total. The van der Waals surface area contributed by atoms with Crippen LogP contribution in [0.5, 0.6) is 0 Å². The van der Waals surface area contributed by atoms with E-state index in [1.54, 1.807) is 18.2 Å². The SMILES string of the molecule is O=C(O)c1ccc(Br)c(S(=O)(=O)Nc2cccc(Cl)c2)c1. The number of rotatable bonds is 4. The van der Waals surface area contributed by atoms with Crippen molar-refractivity contribution in [2.45, 2.75) is 4.90 Å². The molecule has 2 aromatic carbocycles. The number of aromatic carboxylic acids is 1. The van der Waals surface area contributed by atoms with Crippen LogP contribution in [0.3, 0.4) is 0 Å². The lowest BCUT2D eigenvalue weighted by atomic mass is 10.2. The van der Waals surface area contributed by atoms with Crippen LogP contribution in [0.1, 0.15) is 10.4 Å². The van der Waals surface area contributed by atoms with Gasteiger partial charge in [-0.3, -0.25) is 4.72 Å². The number of hydrogen-bond acceptors (Lipinski definition) is 3. The molecule has 110 valence electrons. The van der Waals surface area contributed by atoms with Crippen molar-refractivity contribution in [2.75, 3.05) is 4.72 Å². The van der Waals surface area contributed by atoms with Crippen LogP contribution in [-0.2, 0) is 10.0 Å². The zero-order valence-corrected chi connectivity index (χ0v) is 13.5. The molecule has 0 radical (unpaired) electrons. The molecule has 0 bridgehead atoms. The molecule has 2 N–H and O–H groups in total. The summed E-state index contributed by atoms with van der Waals surface area (Å²) in [5, 5.41) is 9.33. The van der Waals surface area contributed by atoms with E-state index in [-0.39, 0.29) is 20.6 Å². The summed E-state index contributed by atoms with van der Waals surface area (Å²) in [4.78, 5) is 10.8. The third-order valence-corrected chi connectivity index (χ3v) is 5.15. The molecule has 0 saturated carbocycles. The van der Waals surface area contributed by atoms with Crippen LogP contribution >= 0.6 is 27.5 Å². The van der Waals surface area contributed by atoms with Crippen LogP contribution in [0.15, 0.2) is 51.8 Å². The van der Waals surface area contributed by atoms with Crippen molar-refractivity contribution >= 4 is 49.2 Å². The maximum Gasteiger partial charge on any atom is 0.335 e. The number of carboxylic acids is 1. The van der Waals surface area contributed by atoms with Crippen molar-refractivity contribution in [3.8, 4) is 0 Å². The van der Waals surface area contributed by atoms with Crippen LogP contribution < -0.4 is 4.72 Å². The van der Waals surface area contributed by atoms with Gasteiger partial charge in [0.2, 0.25) is 0 Å². The van der Waals surface area contributed by atoms with Crippen molar-refractivity contribution in [3.63, 3.8) is 0 Å². The topological polar surface area (TPSA) is 83.5 Å². The summed E-state index contributed by atoms with van der Waals surface area (Å²) in [6.45, 7) is 0. The van der Waals surface area contributed by atoms with E-state index < -0.39 is 16.0 Å². The molecule has 0 aliphatic rings. The molecule has 0 aromatic heterocycles. The predicted molar refractivity (Wildman–Crippen MR) is 83.4 cm³/mol. The second kappa shape index (κ2) is 6.05. The molecule has 0 aliphatic carbocycles. The van der Waals surface area contributed by atoms with Crippen molar-refractivity contribution in [3.05, 3.63) is 57.5 Å². The molecule has 2 rings (SSSR count). The lowest BCUT2D eigenvalue weighted by molar-refractivity contribution is 0.0696. The standard InChI is InChI=1S/C13H9BrClNO4S/c14-11-5-4-8(13(17)18)6-12(11)21(19,20)16-10-3-1-2-9(15)7-10/h1-7,16H,(H,17,18). The van der Waals surface area contributed by atoms with E-state index in [1.807, 2.05) is 0 Å². The van der Waals surface area contributed by atoms with Gasteiger partial charge in [0.05, 0.1) is 11.3 Å². The third kappa shape index (κ3) is 3.75. The Bertz CT molecular complexity index is 808. The van der Waals surface area contributed by atoms with Crippen LogP contribution in [0.25, 0.3) is 0 Å². The van der Waals surface area contributed by atoms with Crippen LogP contribution in [0.4, 0.5) is 5.69 Å². The normalized spacial score (nSPS) is 11.1. The van der Waals surface area contributed by atoms with Crippen molar-refractivity contribution in [1.29, 1.82) is 0 Å². The Morgan fingerprint density at radius 3 is 2.52 bits per heavy atom. The van der Waals surface area contributed by atoms with E-state index >= 15 is 0 Å². The molecule has 0 spiro atoms. The van der Waals surface area contributed by atoms with E-state index in [9.17, 15) is 13.2 Å². The molecule has 2 aromatic rings. The Labute approximate surface area is 134 Å². The second-order valence-corrected chi connectivity index (χ2v) is 7.01. The van der Waals surface area contributed by atoms with Gasteiger partial charge in [0, 0.05) is 9.50 Å². The summed E-state index contributed by atoms with van der Waals surface area (Å²) < 4.78 is 27.3. The van der Waals surface area contributed by atoms with Crippen molar-refractivity contribution in [2.24, 2.45) is 0 Å². The summed E-state index contributed by atoms with van der Waals surface area (Å²) >= 11 is 8.90. The summed E-state index contributed by atoms with van der Waals surface area (Å²) in [5.74, 6) is -1.21. The van der Waals surface area contributed by atoms with Gasteiger partial charge < -0.3 is 5.11 Å². The molecule has 0 heterocycles. The molecule has 0 amide bonds. The van der Waals surface area contributed by atoms with Gasteiger partial charge in [0.1, 0.15) is 4.90 Å². The van der Waals surface area contributed by atoms with Gasteiger partial charge in [0.25, 0.3) is 10.0 Å². The van der Waals surface area contributed by atoms with Crippen molar-refractivity contribution < 1.29 is 18.3 Å². The molecule has 0 fully saturated rings. The fourth-order valence-electron chi connectivity index (χ4n) is 1.60. The second-order valence-electron chi connectivity index (χ2n) is 4.07. The fourth-order valence-corrected chi connectivity index (χ4v) is 3.83. The van der Waals surface area contributed by atoms with Gasteiger partial charge in [-0.05, 0) is 52.3 Å². The molecule has 8 heteroatoms. The van der Waals surface area contributed by atoms with Crippen LogP contribution in [0.2, 0.25) is 5.02 Å². The molecule has 21 heavy (non-hydrogen) atoms. The first-order valence-electron chi connectivity index (χ1n) is 5.61.